The molecule has 1 atom stereocenters. The Balaban J connectivity index is 1.55. The quantitative estimate of drug-likeness (QED) is 0.595. The molecule has 0 aliphatic rings. The van der Waals surface area contributed by atoms with Crippen molar-refractivity contribution < 1.29 is 18.3 Å². The van der Waals surface area contributed by atoms with E-state index >= 15 is 0 Å². The average Bonchev–Trinajstić information content (AvgIpc) is 2.68. The lowest BCUT2D eigenvalue weighted by molar-refractivity contribution is -0.122. The summed E-state index contributed by atoms with van der Waals surface area (Å²) in [4.78, 5) is 14.4. The number of halogens is 2. The van der Waals surface area contributed by atoms with Gasteiger partial charge in [0, 0.05) is 6.54 Å². The van der Waals surface area contributed by atoms with Crippen LogP contribution in [-0.2, 0) is 11.3 Å². The van der Waals surface area contributed by atoms with Crippen LogP contribution in [0.25, 0.3) is 10.8 Å². The van der Waals surface area contributed by atoms with Crippen LogP contribution in [0.15, 0.2) is 66.7 Å². The Labute approximate surface area is 169 Å². The van der Waals surface area contributed by atoms with Crippen LogP contribution in [0.5, 0.6) is 5.75 Å². The summed E-state index contributed by atoms with van der Waals surface area (Å²) in [6, 6.07) is 20.5. The zero-order valence-electron chi connectivity index (χ0n) is 16.4. The molecule has 0 aliphatic heterocycles. The first kappa shape index (κ1) is 20.7. The van der Waals surface area contributed by atoms with Gasteiger partial charge in [-0.3, -0.25) is 9.69 Å². The largest absolute Gasteiger partial charge is 0.435 e. The fraction of sp³-hybridized carbons (Fsp3) is 0.261. The van der Waals surface area contributed by atoms with E-state index in [4.69, 9.17) is 0 Å². The molecule has 0 spiro atoms. The van der Waals surface area contributed by atoms with Gasteiger partial charge in [0.25, 0.3) is 0 Å². The maximum Gasteiger partial charge on any atom is 0.387 e. The predicted molar refractivity (Wildman–Crippen MR) is 110 cm³/mol. The molecule has 0 fully saturated rings. The normalized spacial score (nSPS) is 12.3. The molecule has 1 amide bonds. The van der Waals surface area contributed by atoms with Crippen molar-refractivity contribution in [2.45, 2.75) is 26.1 Å². The Morgan fingerprint density at radius 2 is 1.72 bits per heavy atom. The molecule has 3 rings (SSSR count). The molecule has 0 aliphatic carbocycles. The Morgan fingerprint density at radius 1 is 1.03 bits per heavy atom. The second-order valence-corrected chi connectivity index (χ2v) is 7.05. The highest BCUT2D eigenvalue weighted by molar-refractivity contribution is 5.87. The first-order valence-corrected chi connectivity index (χ1v) is 9.41. The van der Waals surface area contributed by atoms with Crippen LogP contribution in [0.3, 0.4) is 0 Å². The lowest BCUT2D eigenvalue weighted by Gasteiger charge is -2.20. The third-order valence-corrected chi connectivity index (χ3v) is 4.68. The third kappa shape index (κ3) is 5.74. The molecular formula is C23H24F2N2O2. The van der Waals surface area contributed by atoms with Crippen LogP contribution in [0.4, 0.5) is 8.78 Å². The molecule has 1 N–H and O–H groups in total. The van der Waals surface area contributed by atoms with Crippen LogP contribution in [0, 0.1) is 0 Å². The minimum absolute atomic E-state index is 0.0782. The van der Waals surface area contributed by atoms with Gasteiger partial charge < -0.3 is 10.1 Å². The fourth-order valence-corrected chi connectivity index (χ4v) is 3.38. The number of carbonyl (C=O) groups is 1. The summed E-state index contributed by atoms with van der Waals surface area (Å²) < 4.78 is 28.8. The molecular weight excluding hydrogens is 374 g/mol. The molecule has 0 radical (unpaired) electrons. The fourth-order valence-electron chi connectivity index (χ4n) is 3.38. The molecule has 4 nitrogen and oxygen atoms in total. The van der Waals surface area contributed by atoms with Gasteiger partial charge in [-0.15, -0.1) is 0 Å². The van der Waals surface area contributed by atoms with Crippen LogP contribution < -0.4 is 10.1 Å². The zero-order valence-corrected chi connectivity index (χ0v) is 16.4. The number of fused-ring (bicyclic) bond motifs is 1. The number of likely N-dealkylation sites (N-methyl/N-ethyl adjacent to an activating group) is 1. The van der Waals surface area contributed by atoms with Gasteiger partial charge in [0.15, 0.2) is 0 Å². The van der Waals surface area contributed by atoms with Crippen molar-refractivity contribution in [1.29, 1.82) is 0 Å². The van der Waals surface area contributed by atoms with E-state index in [2.05, 4.69) is 28.3 Å². The average molecular weight is 398 g/mol. The summed E-state index contributed by atoms with van der Waals surface area (Å²) in [6.45, 7) is -0.118. The summed E-state index contributed by atoms with van der Waals surface area (Å²) in [6.07, 6.45) is 0. The van der Waals surface area contributed by atoms with E-state index in [1.807, 2.05) is 43.1 Å². The molecule has 0 saturated carbocycles. The third-order valence-electron chi connectivity index (χ3n) is 4.68. The lowest BCUT2D eigenvalue weighted by atomic mass is 10.00. The lowest BCUT2D eigenvalue weighted by Crippen LogP contribution is -2.36. The molecule has 3 aromatic rings. The maximum atomic E-state index is 12.5. The van der Waals surface area contributed by atoms with E-state index in [1.54, 1.807) is 12.1 Å². The smallest absolute Gasteiger partial charge is 0.387 e. The van der Waals surface area contributed by atoms with Gasteiger partial charge >= 0.3 is 6.61 Å². The number of ether oxygens (including phenoxy) is 1. The minimum Gasteiger partial charge on any atom is -0.435 e. The highest BCUT2D eigenvalue weighted by atomic mass is 19.3. The van der Waals surface area contributed by atoms with Crippen molar-refractivity contribution in [3.05, 3.63) is 77.9 Å². The number of nitrogens with one attached hydrogen (secondary N) is 1. The first-order chi connectivity index (χ1) is 13.9. The van der Waals surface area contributed by atoms with Crippen molar-refractivity contribution in [3.63, 3.8) is 0 Å². The topological polar surface area (TPSA) is 41.6 Å². The summed E-state index contributed by atoms with van der Waals surface area (Å²) in [5.41, 5.74) is 1.98. The number of nitrogens with zero attached hydrogens (tertiary/aromatic N) is 1. The molecule has 0 saturated heterocycles. The Morgan fingerprint density at radius 3 is 2.45 bits per heavy atom. The number of hydrogen-bond acceptors (Lipinski definition) is 3. The number of benzene rings is 3. The van der Waals surface area contributed by atoms with E-state index in [9.17, 15) is 13.6 Å². The Kier molecular flexibility index (Phi) is 6.77. The summed E-state index contributed by atoms with van der Waals surface area (Å²) in [5, 5.41) is 5.32. The highest BCUT2D eigenvalue weighted by Crippen LogP contribution is 2.24. The number of carbonyl (C=O) groups excluding carboxylic acids is 1. The molecule has 0 unspecified atom stereocenters. The van der Waals surface area contributed by atoms with Crippen molar-refractivity contribution in [2.24, 2.45) is 0 Å². The van der Waals surface area contributed by atoms with Gasteiger partial charge in [0.1, 0.15) is 5.75 Å². The summed E-state index contributed by atoms with van der Waals surface area (Å²) >= 11 is 0. The Bertz CT molecular complexity index is 955. The van der Waals surface area contributed by atoms with Gasteiger partial charge in [-0.2, -0.15) is 8.78 Å². The molecule has 0 bridgehead atoms. The van der Waals surface area contributed by atoms with Crippen LogP contribution in [-0.4, -0.2) is 31.0 Å². The minimum atomic E-state index is -2.84. The van der Waals surface area contributed by atoms with E-state index < -0.39 is 6.61 Å². The van der Waals surface area contributed by atoms with Gasteiger partial charge in [0.05, 0.1) is 12.6 Å². The summed E-state index contributed by atoms with van der Waals surface area (Å²) in [5.74, 6) is 0.0404. The maximum absolute atomic E-state index is 12.5. The van der Waals surface area contributed by atoms with Crippen molar-refractivity contribution in [1.82, 2.24) is 10.2 Å². The van der Waals surface area contributed by atoms with Crippen molar-refractivity contribution in [3.8, 4) is 5.75 Å². The second-order valence-electron chi connectivity index (χ2n) is 7.05. The number of hydrogen-bond donors (Lipinski definition) is 1. The summed E-state index contributed by atoms with van der Waals surface area (Å²) in [7, 11) is 1.84. The zero-order chi connectivity index (χ0) is 20.8. The highest BCUT2D eigenvalue weighted by Gasteiger charge is 2.14. The molecule has 0 aromatic heterocycles. The van der Waals surface area contributed by atoms with Crippen molar-refractivity contribution in [2.75, 3.05) is 13.6 Å². The van der Waals surface area contributed by atoms with Crippen LogP contribution in [0.1, 0.15) is 24.1 Å². The molecule has 6 heteroatoms. The predicted octanol–water partition coefficient (Wildman–Crippen LogP) is 4.75. The monoisotopic (exact) mass is 398 g/mol. The number of amides is 1. The second kappa shape index (κ2) is 9.47. The van der Waals surface area contributed by atoms with Crippen LogP contribution >= 0.6 is 0 Å². The van der Waals surface area contributed by atoms with Gasteiger partial charge in [-0.1, -0.05) is 54.6 Å². The molecule has 0 heterocycles. The van der Waals surface area contributed by atoms with Crippen molar-refractivity contribution >= 4 is 16.7 Å². The standard InChI is InChI=1S/C23H24F2N2O2/c1-16(20-9-5-7-18-6-3-4-8-21(18)20)26-22(28)15-27(2)14-17-10-12-19(13-11-17)29-23(24)25/h3-13,16,23H,14-15H2,1-2H3,(H,26,28)/t16-/m1/s1. The number of rotatable bonds is 8. The van der Waals surface area contributed by atoms with Gasteiger partial charge in [-0.25, -0.2) is 0 Å². The first-order valence-electron chi connectivity index (χ1n) is 9.41. The van der Waals surface area contributed by atoms with Crippen LogP contribution in [0.2, 0.25) is 0 Å². The molecule has 29 heavy (non-hydrogen) atoms. The number of alkyl halides is 2. The molecule has 3 aromatic carbocycles. The van der Waals surface area contributed by atoms with Gasteiger partial charge in [-0.05, 0) is 48.0 Å². The van der Waals surface area contributed by atoms with E-state index in [0.717, 1.165) is 21.9 Å². The Hall–Kier alpha value is -2.99. The van der Waals surface area contributed by atoms with Gasteiger partial charge in [0.2, 0.25) is 5.91 Å². The van der Waals surface area contributed by atoms with E-state index in [-0.39, 0.29) is 24.2 Å². The SMILES string of the molecule is C[C@@H](NC(=O)CN(C)Cc1ccc(OC(F)F)cc1)c1cccc2ccccc12. The van der Waals surface area contributed by atoms with E-state index in [0.29, 0.717) is 6.54 Å². The molecule has 152 valence electrons. The van der Waals surface area contributed by atoms with E-state index in [1.165, 1.54) is 12.1 Å².